The van der Waals surface area contributed by atoms with Crippen LogP contribution >= 0.6 is 0 Å². The number of hydrogen-bond acceptors (Lipinski definition) is 3. The first-order chi connectivity index (χ1) is 5.38. The van der Waals surface area contributed by atoms with Gasteiger partial charge >= 0.3 is 0 Å². The van der Waals surface area contributed by atoms with Gasteiger partial charge in [-0.3, -0.25) is 0 Å². The molecule has 2 unspecified atom stereocenters. The predicted molar refractivity (Wildman–Crippen MR) is 41.5 cm³/mol. The summed E-state index contributed by atoms with van der Waals surface area (Å²) in [7, 11) is 0. The van der Waals surface area contributed by atoms with Crippen molar-refractivity contribution in [3.05, 3.63) is 0 Å². The third kappa shape index (κ3) is 2.09. The van der Waals surface area contributed by atoms with Crippen LogP contribution in [0.1, 0.15) is 19.3 Å². The Morgan fingerprint density at radius 1 is 1.45 bits per heavy atom. The molecule has 0 aromatic carbocycles. The summed E-state index contributed by atoms with van der Waals surface area (Å²) in [5.41, 5.74) is 0. The Morgan fingerprint density at radius 3 is 2.82 bits per heavy atom. The molecule has 11 heavy (non-hydrogen) atoms. The fraction of sp³-hybridized carbons (Fsp3) is 0.875. The van der Waals surface area contributed by atoms with Crippen molar-refractivity contribution in [3.63, 3.8) is 0 Å². The Bertz CT molecular complexity index is 153. The van der Waals surface area contributed by atoms with Gasteiger partial charge < -0.3 is 10.4 Å². The summed E-state index contributed by atoms with van der Waals surface area (Å²) in [4.78, 5) is 0. The van der Waals surface area contributed by atoms with Crippen LogP contribution in [-0.4, -0.2) is 18.3 Å². The van der Waals surface area contributed by atoms with E-state index in [0.717, 1.165) is 19.4 Å². The summed E-state index contributed by atoms with van der Waals surface area (Å²) in [6.45, 7) is 1.01. The average Bonchev–Trinajstić information content (AvgIpc) is 2.47. The van der Waals surface area contributed by atoms with E-state index in [-0.39, 0.29) is 6.61 Å². The second-order valence-corrected chi connectivity index (χ2v) is 3.13. The number of nitrogens with zero attached hydrogens (tertiary/aromatic N) is 1. The van der Waals surface area contributed by atoms with Gasteiger partial charge in [0.05, 0.1) is 0 Å². The van der Waals surface area contributed by atoms with Crippen molar-refractivity contribution in [1.29, 1.82) is 5.26 Å². The highest BCUT2D eigenvalue weighted by Crippen LogP contribution is 2.30. The van der Waals surface area contributed by atoms with E-state index in [1.165, 1.54) is 6.42 Å². The number of aliphatic hydroxyl groups excluding tert-OH is 1. The molecule has 0 aromatic heterocycles. The van der Waals surface area contributed by atoms with Crippen molar-refractivity contribution in [2.24, 2.45) is 11.8 Å². The minimum Gasteiger partial charge on any atom is -0.396 e. The van der Waals surface area contributed by atoms with Gasteiger partial charge in [-0.1, -0.05) is 6.42 Å². The number of nitriles is 1. The van der Waals surface area contributed by atoms with E-state index in [0.29, 0.717) is 11.8 Å². The second-order valence-electron chi connectivity index (χ2n) is 3.13. The van der Waals surface area contributed by atoms with Gasteiger partial charge in [0.2, 0.25) is 0 Å². The molecule has 3 nitrogen and oxygen atoms in total. The largest absolute Gasteiger partial charge is 0.396 e. The molecule has 62 valence electrons. The molecule has 1 saturated carbocycles. The maximum Gasteiger partial charge on any atom is 0.176 e. The van der Waals surface area contributed by atoms with Gasteiger partial charge in [0, 0.05) is 13.2 Å². The molecule has 1 rings (SSSR count). The maximum atomic E-state index is 8.93. The highest BCUT2D eigenvalue weighted by atomic mass is 16.3. The van der Waals surface area contributed by atoms with Crippen LogP contribution in [-0.2, 0) is 0 Å². The number of nitrogens with one attached hydrogen (secondary N) is 1. The summed E-state index contributed by atoms with van der Waals surface area (Å²) in [6, 6.07) is 0. The van der Waals surface area contributed by atoms with Crippen LogP contribution in [0.3, 0.4) is 0 Å². The first kappa shape index (κ1) is 8.35. The summed E-state index contributed by atoms with van der Waals surface area (Å²) < 4.78 is 0. The minimum atomic E-state index is 0.276. The van der Waals surface area contributed by atoms with Crippen molar-refractivity contribution in [1.82, 2.24) is 5.32 Å². The molecule has 1 fully saturated rings. The van der Waals surface area contributed by atoms with Gasteiger partial charge in [-0.05, 0) is 24.7 Å². The van der Waals surface area contributed by atoms with E-state index in [9.17, 15) is 0 Å². The normalized spacial score (nSPS) is 29.8. The summed E-state index contributed by atoms with van der Waals surface area (Å²) in [6.07, 6.45) is 5.38. The Kier molecular flexibility index (Phi) is 3.18. The zero-order chi connectivity index (χ0) is 8.10. The summed E-state index contributed by atoms with van der Waals surface area (Å²) >= 11 is 0. The van der Waals surface area contributed by atoms with Crippen LogP contribution in [0.15, 0.2) is 0 Å². The smallest absolute Gasteiger partial charge is 0.176 e. The molecule has 0 aromatic rings. The average molecular weight is 154 g/mol. The number of rotatable bonds is 3. The van der Waals surface area contributed by atoms with Gasteiger partial charge in [-0.25, -0.2) is 0 Å². The van der Waals surface area contributed by atoms with Gasteiger partial charge in [0.15, 0.2) is 6.19 Å². The Hall–Kier alpha value is -0.750. The standard InChI is InChI=1S/C8H14N2O/c9-6-10-4-7-2-1-3-8(7)5-11/h7-8,10-11H,1-5H2. The molecule has 0 amide bonds. The molecule has 0 saturated heterocycles. The van der Waals surface area contributed by atoms with Crippen molar-refractivity contribution in [3.8, 4) is 6.19 Å². The molecule has 0 heterocycles. The highest BCUT2D eigenvalue weighted by Gasteiger charge is 2.25. The lowest BCUT2D eigenvalue weighted by atomic mass is 9.97. The lowest BCUT2D eigenvalue weighted by Gasteiger charge is -2.15. The molecule has 0 bridgehead atoms. The minimum absolute atomic E-state index is 0.276. The molecule has 0 aliphatic heterocycles. The van der Waals surface area contributed by atoms with E-state index < -0.39 is 0 Å². The maximum absolute atomic E-state index is 8.93. The fourth-order valence-corrected chi connectivity index (χ4v) is 1.80. The molecular weight excluding hydrogens is 140 g/mol. The van der Waals surface area contributed by atoms with Crippen LogP contribution < -0.4 is 5.32 Å². The number of aliphatic hydroxyl groups is 1. The Morgan fingerprint density at radius 2 is 2.18 bits per heavy atom. The molecule has 1 aliphatic carbocycles. The van der Waals surface area contributed by atoms with Crippen molar-refractivity contribution in [2.45, 2.75) is 19.3 Å². The molecule has 1 aliphatic rings. The van der Waals surface area contributed by atoms with Crippen LogP contribution in [0.5, 0.6) is 0 Å². The SMILES string of the molecule is N#CNCC1CCCC1CO. The van der Waals surface area contributed by atoms with E-state index in [4.69, 9.17) is 10.4 Å². The van der Waals surface area contributed by atoms with E-state index in [2.05, 4.69) is 5.32 Å². The zero-order valence-electron chi connectivity index (χ0n) is 6.58. The molecule has 0 spiro atoms. The first-order valence-corrected chi connectivity index (χ1v) is 4.11. The molecule has 2 N–H and O–H groups in total. The third-order valence-electron chi connectivity index (χ3n) is 2.49. The van der Waals surface area contributed by atoms with Crippen molar-refractivity contribution < 1.29 is 5.11 Å². The quantitative estimate of drug-likeness (QED) is 0.459. The zero-order valence-corrected chi connectivity index (χ0v) is 6.58. The van der Waals surface area contributed by atoms with Gasteiger partial charge in [-0.15, -0.1) is 0 Å². The fourth-order valence-electron chi connectivity index (χ4n) is 1.80. The van der Waals surface area contributed by atoms with Crippen molar-refractivity contribution in [2.75, 3.05) is 13.2 Å². The van der Waals surface area contributed by atoms with Crippen LogP contribution in [0.2, 0.25) is 0 Å². The lowest BCUT2D eigenvalue weighted by Crippen LogP contribution is -2.23. The van der Waals surface area contributed by atoms with E-state index in [1.807, 2.05) is 6.19 Å². The van der Waals surface area contributed by atoms with Crippen molar-refractivity contribution >= 4 is 0 Å². The number of hydrogen-bond donors (Lipinski definition) is 2. The van der Waals surface area contributed by atoms with Gasteiger partial charge in [-0.2, -0.15) is 5.26 Å². The summed E-state index contributed by atoms with van der Waals surface area (Å²) in [5, 5.41) is 19.8. The summed E-state index contributed by atoms with van der Waals surface area (Å²) in [5.74, 6) is 0.940. The van der Waals surface area contributed by atoms with E-state index in [1.54, 1.807) is 0 Å². The lowest BCUT2D eigenvalue weighted by molar-refractivity contribution is 0.194. The topological polar surface area (TPSA) is 56.0 Å². The third-order valence-corrected chi connectivity index (χ3v) is 2.49. The highest BCUT2D eigenvalue weighted by molar-refractivity contribution is 4.80. The van der Waals surface area contributed by atoms with Crippen LogP contribution in [0.25, 0.3) is 0 Å². The first-order valence-electron chi connectivity index (χ1n) is 4.11. The Balaban J connectivity index is 2.27. The molecule has 3 heteroatoms. The monoisotopic (exact) mass is 154 g/mol. The second kappa shape index (κ2) is 4.20. The van der Waals surface area contributed by atoms with Gasteiger partial charge in [0.25, 0.3) is 0 Å². The molecule has 0 radical (unpaired) electrons. The van der Waals surface area contributed by atoms with Crippen LogP contribution in [0, 0.1) is 23.3 Å². The molecular formula is C8H14N2O. The predicted octanol–water partition coefficient (Wildman–Crippen LogP) is 0.466. The Labute approximate surface area is 67.0 Å². The molecule has 2 atom stereocenters. The van der Waals surface area contributed by atoms with Gasteiger partial charge in [0.1, 0.15) is 0 Å². The van der Waals surface area contributed by atoms with Crippen LogP contribution in [0.4, 0.5) is 0 Å². The van der Waals surface area contributed by atoms with E-state index >= 15 is 0 Å².